The van der Waals surface area contributed by atoms with Gasteiger partial charge in [-0.05, 0) is 12.8 Å². The number of hydrogen-bond donors (Lipinski definition) is 5. The van der Waals surface area contributed by atoms with Gasteiger partial charge in [-0.25, -0.2) is 0 Å². The Kier molecular flexibility index (Phi) is 2.08. The summed E-state index contributed by atoms with van der Waals surface area (Å²) in [4.78, 5) is 0. The van der Waals surface area contributed by atoms with Crippen molar-refractivity contribution in [2.75, 3.05) is 6.61 Å². The average molecular weight is 189 g/mol. The molecule has 0 amide bonds. The quantitative estimate of drug-likeness (QED) is 0.316. The van der Waals surface area contributed by atoms with Crippen LogP contribution in [0.3, 0.4) is 0 Å². The monoisotopic (exact) mass is 189 g/mol. The molecule has 0 radical (unpaired) electrons. The zero-order valence-electron chi connectivity index (χ0n) is 7.22. The van der Waals surface area contributed by atoms with E-state index in [1.165, 1.54) is 0 Å². The summed E-state index contributed by atoms with van der Waals surface area (Å²) in [7, 11) is 0. The number of rotatable bonds is 1. The highest BCUT2D eigenvalue weighted by Crippen LogP contribution is 2.36. The van der Waals surface area contributed by atoms with E-state index >= 15 is 0 Å². The summed E-state index contributed by atoms with van der Waals surface area (Å²) >= 11 is 0. The lowest BCUT2D eigenvalue weighted by Gasteiger charge is -2.38. The van der Waals surface area contributed by atoms with Crippen LogP contribution in [0.25, 0.3) is 0 Å². The normalized spacial score (nSPS) is 55.4. The van der Waals surface area contributed by atoms with E-state index in [0.717, 1.165) is 0 Å². The van der Waals surface area contributed by atoms with Crippen LogP contribution in [0.1, 0.15) is 12.8 Å². The largest absolute Gasteiger partial charge is 0.394 e. The fourth-order valence-electron chi connectivity index (χ4n) is 2.42. The zero-order valence-corrected chi connectivity index (χ0v) is 7.22. The molecule has 2 fully saturated rings. The predicted octanol–water partition coefficient (Wildman–Crippen LogP) is -2.43. The molecule has 5 N–H and O–H groups in total. The Morgan fingerprint density at radius 2 is 1.92 bits per heavy atom. The van der Waals surface area contributed by atoms with Crippen molar-refractivity contribution >= 4 is 0 Å². The van der Waals surface area contributed by atoms with Gasteiger partial charge in [-0.3, -0.25) is 5.32 Å². The van der Waals surface area contributed by atoms with Crippen LogP contribution in [0.5, 0.6) is 0 Å². The first-order valence-corrected chi connectivity index (χ1v) is 4.54. The number of nitrogens with one attached hydrogen (secondary N) is 1. The Balaban J connectivity index is 2.30. The van der Waals surface area contributed by atoms with Crippen LogP contribution >= 0.6 is 0 Å². The molecule has 0 aromatic carbocycles. The van der Waals surface area contributed by atoms with Gasteiger partial charge in [0.2, 0.25) is 0 Å². The molecular formula is C8H15NO4. The van der Waals surface area contributed by atoms with E-state index in [-0.39, 0.29) is 12.6 Å². The first-order valence-electron chi connectivity index (χ1n) is 4.54. The molecule has 5 nitrogen and oxygen atoms in total. The van der Waals surface area contributed by atoms with Crippen LogP contribution in [0.2, 0.25) is 0 Å². The molecule has 0 aromatic rings. The molecule has 2 aliphatic rings. The van der Waals surface area contributed by atoms with E-state index in [2.05, 4.69) is 5.32 Å². The van der Waals surface area contributed by atoms with Gasteiger partial charge in [0.25, 0.3) is 0 Å². The topological polar surface area (TPSA) is 93.0 Å². The standard InChI is InChI=1S/C8H15NO4/c10-3-8-5(11)2-1-4(9-8)6(12)7(8)13/h4-7,9-13H,1-3H2/t4-,5+,6-,7+,8+/m0/s1. The highest BCUT2D eigenvalue weighted by Gasteiger charge is 2.58. The molecule has 5 heteroatoms. The molecule has 2 bridgehead atoms. The second kappa shape index (κ2) is 2.90. The van der Waals surface area contributed by atoms with Crippen molar-refractivity contribution in [2.45, 2.75) is 42.7 Å². The third-order valence-corrected chi connectivity index (χ3v) is 3.33. The SMILES string of the molecule is OC[C@@]12N[C@@H](CC[C@H]1O)[C@H](O)[C@H]2O. The van der Waals surface area contributed by atoms with Gasteiger partial charge in [-0.2, -0.15) is 0 Å². The lowest BCUT2D eigenvalue weighted by Crippen LogP contribution is -2.63. The van der Waals surface area contributed by atoms with Gasteiger partial charge in [0.15, 0.2) is 0 Å². The van der Waals surface area contributed by atoms with Crippen LogP contribution < -0.4 is 5.32 Å². The lowest BCUT2D eigenvalue weighted by molar-refractivity contribution is -0.0640. The molecule has 0 unspecified atom stereocenters. The molecule has 2 rings (SSSR count). The average Bonchev–Trinajstić information content (AvgIpc) is 2.36. The van der Waals surface area contributed by atoms with Crippen LogP contribution in [0.15, 0.2) is 0 Å². The number of fused-ring (bicyclic) bond motifs is 2. The van der Waals surface area contributed by atoms with Crippen molar-refractivity contribution in [2.24, 2.45) is 0 Å². The van der Waals surface area contributed by atoms with Crippen LogP contribution in [-0.2, 0) is 0 Å². The minimum Gasteiger partial charge on any atom is -0.394 e. The van der Waals surface area contributed by atoms with Gasteiger partial charge in [0.05, 0.1) is 24.4 Å². The van der Waals surface area contributed by atoms with Crippen LogP contribution in [0, 0.1) is 0 Å². The molecule has 2 saturated heterocycles. The Labute approximate surface area is 76.0 Å². The van der Waals surface area contributed by atoms with Gasteiger partial charge in [0.1, 0.15) is 6.10 Å². The van der Waals surface area contributed by atoms with Gasteiger partial charge < -0.3 is 20.4 Å². The molecule has 76 valence electrons. The minimum atomic E-state index is -1.11. The molecule has 2 heterocycles. The summed E-state index contributed by atoms with van der Waals surface area (Å²) in [6.45, 7) is -0.358. The second-order valence-electron chi connectivity index (χ2n) is 3.98. The van der Waals surface area contributed by atoms with Crippen molar-refractivity contribution in [3.8, 4) is 0 Å². The van der Waals surface area contributed by atoms with Crippen molar-refractivity contribution in [3.63, 3.8) is 0 Å². The number of aliphatic hydroxyl groups excluding tert-OH is 4. The molecule has 5 atom stereocenters. The predicted molar refractivity (Wildman–Crippen MR) is 44.0 cm³/mol. The summed E-state index contributed by atoms with van der Waals surface area (Å²) in [5.41, 5.74) is -1.11. The zero-order chi connectivity index (χ0) is 9.64. The Morgan fingerprint density at radius 1 is 1.23 bits per heavy atom. The first-order chi connectivity index (χ1) is 6.12. The Morgan fingerprint density at radius 3 is 2.46 bits per heavy atom. The maximum absolute atomic E-state index is 9.66. The Bertz CT molecular complexity index is 212. The Hall–Kier alpha value is -0.200. The maximum Gasteiger partial charge on any atom is 0.104 e. The second-order valence-corrected chi connectivity index (χ2v) is 3.98. The smallest absolute Gasteiger partial charge is 0.104 e. The van der Waals surface area contributed by atoms with Crippen LogP contribution in [-0.4, -0.2) is 56.9 Å². The summed E-state index contributed by atoms with van der Waals surface area (Å²) in [6, 6.07) is -0.203. The lowest BCUT2D eigenvalue weighted by atomic mass is 9.86. The summed E-state index contributed by atoms with van der Waals surface area (Å²) in [5, 5.41) is 40.9. The van der Waals surface area contributed by atoms with Crippen molar-refractivity contribution < 1.29 is 20.4 Å². The molecule has 0 saturated carbocycles. The molecule has 0 spiro atoms. The van der Waals surface area contributed by atoms with E-state index in [1.54, 1.807) is 0 Å². The van der Waals surface area contributed by atoms with Crippen molar-refractivity contribution in [1.82, 2.24) is 5.32 Å². The summed E-state index contributed by atoms with van der Waals surface area (Å²) < 4.78 is 0. The fourth-order valence-corrected chi connectivity index (χ4v) is 2.42. The van der Waals surface area contributed by atoms with E-state index in [4.69, 9.17) is 5.11 Å². The summed E-state index contributed by atoms with van der Waals surface area (Å²) in [6.07, 6.45) is -1.63. The van der Waals surface area contributed by atoms with Gasteiger partial charge in [0, 0.05) is 6.04 Å². The number of hydrogen-bond acceptors (Lipinski definition) is 5. The highest BCUT2D eigenvalue weighted by atomic mass is 16.3. The maximum atomic E-state index is 9.66. The molecule has 13 heavy (non-hydrogen) atoms. The van der Waals surface area contributed by atoms with E-state index < -0.39 is 23.9 Å². The van der Waals surface area contributed by atoms with E-state index in [0.29, 0.717) is 12.8 Å². The summed E-state index contributed by atoms with van der Waals surface area (Å²) in [5.74, 6) is 0. The first kappa shape index (κ1) is 9.36. The van der Waals surface area contributed by atoms with Gasteiger partial charge in [-0.1, -0.05) is 0 Å². The fraction of sp³-hybridized carbons (Fsp3) is 1.00. The number of piperidine rings is 1. The third-order valence-electron chi connectivity index (χ3n) is 3.33. The van der Waals surface area contributed by atoms with Crippen molar-refractivity contribution in [3.05, 3.63) is 0 Å². The van der Waals surface area contributed by atoms with E-state index in [9.17, 15) is 15.3 Å². The van der Waals surface area contributed by atoms with Gasteiger partial charge in [-0.15, -0.1) is 0 Å². The minimum absolute atomic E-state index is 0.203. The van der Waals surface area contributed by atoms with Crippen molar-refractivity contribution in [1.29, 1.82) is 0 Å². The van der Waals surface area contributed by atoms with E-state index in [1.807, 2.05) is 0 Å². The third kappa shape index (κ3) is 1.05. The number of aliphatic hydroxyl groups is 4. The van der Waals surface area contributed by atoms with Gasteiger partial charge >= 0.3 is 0 Å². The highest BCUT2D eigenvalue weighted by molar-refractivity contribution is 5.15. The molecule has 2 aliphatic heterocycles. The molecule has 0 aliphatic carbocycles. The van der Waals surface area contributed by atoms with Crippen LogP contribution in [0.4, 0.5) is 0 Å². The molecular weight excluding hydrogens is 174 g/mol. The molecule has 0 aromatic heterocycles.